The highest BCUT2D eigenvalue weighted by molar-refractivity contribution is 6.05. The van der Waals surface area contributed by atoms with Crippen LogP contribution in [0.5, 0.6) is 0 Å². The largest absolute Gasteiger partial charge is 0.464 e. The van der Waals surface area contributed by atoms with Gasteiger partial charge in [-0.2, -0.15) is 4.98 Å². The molecule has 7 nitrogen and oxygen atoms in total. The molecule has 0 aliphatic carbocycles. The molecular weight excluding hydrogens is 402 g/mol. The number of para-hydroxylation sites is 1. The Morgan fingerprint density at radius 2 is 1.84 bits per heavy atom. The molecule has 160 valence electrons. The number of aryl methyl sites for hydroxylation is 2. The highest BCUT2D eigenvalue weighted by Gasteiger charge is 2.36. The number of carbonyl (C=O) groups excluding carboxylic acids is 1. The van der Waals surface area contributed by atoms with Gasteiger partial charge >= 0.3 is 0 Å². The van der Waals surface area contributed by atoms with E-state index in [1.807, 2.05) is 87.5 Å². The van der Waals surface area contributed by atoms with Crippen molar-refractivity contribution in [2.24, 2.45) is 0 Å². The first-order valence-electron chi connectivity index (χ1n) is 10.4. The Bertz CT molecular complexity index is 1330. The molecule has 2 aromatic carbocycles. The Balaban J connectivity index is 1.60. The second-order valence-corrected chi connectivity index (χ2v) is 7.91. The first-order chi connectivity index (χ1) is 15.5. The smallest absolute Gasteiger partial charge is 0.256 e. The summed E-state index contributed by atoms with van der Waals surface area (Å²) < 4.78 is 7.69. The van der Waals surface area contributed by atoms with Gasteiger partial charge in [-0.1, -0.05) is 42.0 Å². The molecule has 3 heterocycles. The molecule has 0 radical (unpaired) electrons. The van der Waals surface area contributed by atoms with E-state index in [1.54, 1.807) is 4.68 Å². The zero-order chi connectivity index (χ0) is 22.2. The number of benzene rings is 2. The monoisotopic (exact) mass is 425 g/mol. The van der Waals surface area contributed by atoms with Crippen LogP contribution in [-0.4, -0.2) is 20.7 Å². The van der Waals surface area contributed by atoms with E-state index < -0.39 is 6.04 Å². The van der Waals surface area contributed by atoms with Crippen LogP contribution in [0.2, 0.25) is 0 Å². The van der Waals surface area contributed by atoms with Gasteiger partial charge in [0.2, 0.25) is 5.95 Å². The number of amides is 1. The van der Waals surface area contributed by atoms with Crippen LogP contribution < -0.4 is 10.6 Å². The van der Waals surface area contributed by atoms with Crippen molar-refractivity contribution in [1.82, 2.24) is 14.8 Å². The summed E-state index contributed by atoms with van der Waals surface area (Å²) in [5, 5.41) is 11.0. The molecule has 0 fully saturated rings. The van der Waals surface area contributed by atoms with Gasteiger partial charge in [0.25, 0.3) is 5.91 Å². The molecule has 2 aromatic heterocycles. The minimum atomic E-state index is -0.547. The van der Waals surface area contributed by atoms with E-state index in [1.165, 1.54) is 0 Å². The summed E-state index contributed by atoms with van der Waals surface area (Å²) in [4.78, 5) is 18.1. The molecular formula is C25H23N5O2. The van der Waals surface area contributed by atoms with Crippen molar-refractivity contribution in [3.05, 3.63) is 95.1 Å². The van der Waals surface area contributed by atoms with Crippen LogP contribution in [0.15, 0.2) is 82.4 Å². The van der Waals surface area contributed by atoms with E-state index in [0.717, 1.165) is 22.6 Å². The Hall–Kier alpha value is -4.13. The number of fused-ring (bicyclic) bond motifs is 1. The molecule has 4 aromatic rings. The predicted molar refractivity (Wildman–Crippen MR) is 123 cm³/mol. The molecule has 0 saturated carbocycles. The van der Waals surface area contributed by atoms with E-state index in [2.05, 4.69) is 10.6 Å². The summed E-state index contributed by atoms with van der Waals surface area (Å²) in [6, 6.07) is 20.6. The van der Waals surface area contributed by atoms with Crippen molar-refractivity contribution < 1.29 is 9.21 Å². The summed E-state index contributed by atoms with van der Waals surface area (Å²) in [6.45, 7) is 5.78. The Morgan fingerprint density at radius 3 is 2.56 bits per heavy atom. The fraction of sp³-hybridized carbons (Fsp3) is 0.160. The zero-order valence-electron chi connectivity index (χ0n) is 18.1. The minimum absolute atomic E-state index is 0.224. The van der Waals surface area contributed by atoms with Gasteiger partial charge < -0.3 is 15.1 Å². The van der Waals surface area contributed by atoms with Crippen LogP contribution in [0.25, 0.3) is 11.4 Å². The molecule has 32 heavy (non-hydrogen) atoms. The average molecular weight is 425 g/mol. The van der Waals surface area contributed by atoms with Crippen LogP contribution >= 0.6 is 0 Å². The van der Waals surface area contributed by atoms with Crippen molar-refractivity contribution in [3.63, 3.8) is 0 Å². The van der Waals surface area contributed by atoms with Crippen molar-refractivity contribution in [1.29, 1.82) is 0 Å². The van der Waals surface area contributed by atoms with Crippen LogP contribution in [-0.2, 0) is 4.79 Å². The first-order valence-corrected chi connectivity index (χ1v) is 10.4. The minimum Gasteiger partial charge on any atom is -0.464 e. The molecule has 0 saturated heterocycles. The van der Waals surface area contributed by atoms with Gasteiger partial charge in [-0.25, -0.2) is 4.68 Å². The molecule has 7 heteroatoms. The molecule has 2 N–H and O–H groups in total. The standard InChI is InChI=1S/C25H23N5O2/c1-15-8-7-9-18(14-15)23-28-25-26-17(3)21(24(31)27-19-10-5-4-6-11-19)22(30(25)29-23)20-13-12-16(2)32-20/h4-14,22H,1-3H3,(H,27,31)(H,26,28,29). The van der Waals surface area contributed by atoms with E-state index in [0.29, 0.717) is 28.8 Å². The normalized spacial score (nSPS) is 15.3. The van der Waals surface area contributed by atoms with E-state index in [-0.39, 0.29) is 5.91 Å². The molecule has 1 unspecified atom stereocenters. The van der Waals surface area contributed by atoms with E-state index in [4.69, 9.17) is 14.5 Å². The predicted octanol–water partition coefficient (Wildman–Crippen LogP) is 5.08. The van der Waals surface area contributed by atoms with E-state index in [9.17, 15) is 4.79 Å². The number of allylic oxidation sites excluding steroid dienone is 1. The van der Waals surface area contributed by atoms with Crippen LogP contribution in [0.3, 0.4) is 0 Å². The summed E-state index contributed by atoms with van der Waals surface area (Å²) in [6.07, 6.45) is 0. The topological polar surface area (TPSA) is 85.0 Å². The third kappa shape index (κ3) is 3.58. The molecule has 0 bridgehead atoms. The fourth-order valence-electron chi connectivity index (χ4n) is 3.93. The average Bonchev–Trinajstić information content (AvgIpc) is 3.39. The first kappa shape index (κ1) is 19.8. The van der Waals surface area contributed by atoms with E-state index >= 15 is 0 Å². The van der Waals surface area contributed by atoms with Crippen LogP contribution in [0.1, 0.15) is 30.0 Å². The quantitative estimate of drug-likeness (QED) is 0.476. The Kier molecular flexibility index (Phi) is 4.86. The van der Waals surface area contributed by atoms with Gasteiger partial charge in [-0.15, -0.1) is 5.10 Å². The number of rotatable bonds is 4. The van der Waals surface area contributed by atoms with Crippen molar-refractivity contribution >= 4 is 17.5 Å². The molecule has 1 atom stereocenters. The zero-order valence-corrected chi connectivity index (χ0v) is 18.1. The van der Waals surface area contributed by atoms with Crippen molar-refractivity contribution in [2.75, 3.05) is 10.6 Å². The molecule has 1 aliphatic rings. The highest BCUT2D eigenvalue weighted by atomic mass is 16.3. The summed E-state index contributed by atoms with van der Waals surface area (Å²) in [7, 11) is 0. The van der Waals surface area contributed by atoms with Crippen molar-refractivity contribution in [3.8, 4) is 11.4 Å². The van der Waals surface area contributed by atoms with Crippen LogP contribution in [0, 0.1) is 13.8 Å². The lowest BCUT2D eigenvalue weighted by Gasteiger charge is -2.27. The lowest BCUT2D eigenvalue weighted by atomic mass is 10.00. The number of anilines is 2. The van der Waals surface area contributed by atoms with Gasteiger partial charge in [-0.3, -0.25) is 4.79 Å². The summed E-state index contributed by atoms with van der Waals surface area (Å²) in [5.74, 6) is 2.32. The highest BCUT2D eigenvalue weighted by Crippen LogP contribution is 2.37. The Labute approximate surface area is 185 Å². The van der Waals surface area contributed by atoms with Gasteiger partial charge in [0.15, 0.2) is 5.82 Å². The number of furan rings is 1. The lowest BCUT2D eigenvalue weighted by molar-refractivity contribution is -0.113. The summed E-state index contributed by atoms with van der Waals surface area (Å²) in [5.41, 5.74) is 3.98. The second kappa shape index (κ2) is 7.85. The van der Waals surface area contributed by atoms with Gasteiger partial charge in [-0.05, 0) is 51.1 Å². The van der Waals surface area contributed by atoms with Crippen LogP contribution in [0.4, 0.5) is 11.6 Å². The second-order valence-electron chi connectivity index (χ2n) is 7.91. The van der Waals surface area contributed by atoms with Gasteiger partial charge in [0.1, 0.15) is 17.6 Å². The third-order valence-corrected chi connectivity index (χ3v) is 5.44. The maximum Gasteiger partial charge on any atom is 0.256 e. The lowest BCUT2D eigenvalue weighted by Crippen LogP contribution is -2.31. The van der Waals surface area contributed by atoms with Gasteiger partial charge in [0.05, 0.1) is 5.57 Å². The molecule has 5 rings (SSSR count). The maximum absolute atomic E-state index is 13.4. The number of nitrogens with zero attached hydrogens (tertiary/aromatic N) is 3. The molecule has 1 amide bonds. The number of aromatic nitrogens is 3. The molecule has 1 aliphatic heterocycles. The third-order valence-electron chi connectivity index (χ3n) is 5.44. The number of hydrogen-bond donors (Lipinski definition) is 2. The summed E-state index contributed by atoms with van der Waals surface area (Å²) >= 11 is 0. The Morgan fingerprint density at radius 1 is 1.03 bits per heavy atom. The van der Waals surface area contributed by atoms with Crippen molar-refractivity contribution in [2.45, 2.75) is 26.8 Å². The van der Waals surface area contributed by atoms with Gasteiger partial charge in [0, 0.05) is 16.9 Å². The maximum atomic E-state index is 13.4. The fourth-order valence-corrected chi connectivity index (χ4v) is 3.93. The number of nitrogens with one attached hydrogen (secondary N) is 2. The number of hydrogen-bond acceptors (Lipinski definition) is 5. The number of carbonyl (C=O) groups is 1. The SMILES string of the molecule is CC1=C(C(=O)Nc2ccccc2)C(c2ccc(C)o2)n2nc(-c3cccc(C)c3)nc2N1. The molecule has 0 spiro atoms.